The first-order valence-corrected chi connectivity index (χ1v) is 7.83. The predicted octanol–water partition coefficient (Wildman–Crippen LogP) is 3.55. The van der Waals surface area contributed by atoms with E-state index >= 15 is 0 Å². The van der Waals surface area contributed by atoms with Crippen molar-refractivity contribution in [2.45, 2.75) is 44.8 Å². The molecular weight excluding hydrogens is 356 g/mol. The number of nitrogens with zero attached hydrogens (tertiary/aromatic N) is 1. The molecular formula is C17H18F4N2O3. The quantitative estimate of drug-likeness (QED) is 0.500. The highest BCUT2D eigenvalue weighted by molar-refractivity contribution is 6.29. The lowest BCUT2D eigenvalue weighted by Crippen LogP contribution is -2.43. The molecule has 2 rings (SSSR count). The second-order valence-electron chi connectivity index (χ2n) is 7.01. The van der Waals surface area contributed by atoms with E-state index in [0.717, 1.165) is 4.90 Å². The number of halogens is 4. The van der Waals surface area contributed by atoms with Crippen LogP contribution in [0.1, 0.15) is 38.7 Å². The number of nitrogens with one attached hydrogen (secondary N) is 1. The molecule has 0 bridgehead atoms. The molecule has 1 saturated heterocycles. The molecule has 26 heavy (non-hydrogen) atoms. The second kappa shape index (κ2) is 7.05. The van der Waals surface area contributed by atoms with Crippen molar-refractivity contribution in [1.82, 2.24) is 4.90 Å². The summed E-state index contributed by atoms with van der Waals surface area (Å²) in [4.78, 5) is 25.2. The molecule has 0 aliphatic carbocycles. The van der Waals surface area contributed by atoms with E-state index in [-0.39, 0.29) is 19.0 Å². The van der Waals surface area contributed by atoms with Crippen molar-refractivity contribution >= 4 is 18.1 Å². The fraction of sp³-hybridized carbons (Fsp3) is 0.471. The van der Waals surface area contributed by atoms with Crippen LogP contribution in [0.5, 0.6) is 0 Å². The minimum absolute atomic E-state index is 0.0922. The van der Waals surface area contributed by atoms with Crippen molar-refractivity contribution in [2.24, 2.45) is 0 Å². The number of likely N-dealkylation sites (tertiary alicyclic amines) is 1. The number of hydrogen-bond acceptors (Lipinski definition) is 4. The summed E-state index contributed by atoms with van der Waals surface area (Å²) in [5, 5.41) is 7.09. The van der Waals surface area contributed by atoms with Gasteiger partial charge in [-0.05, 0) is 27.2 Å². The summed E-state index contributed by atoms with van der Waals surface area (Å²) in [6, 6.07) is -1.12. The zero-order chi connectivity index (χ0) is 19.8. The van der Waals surface area contributed by atoms with Crippen LogP contribution in [0.25, 0.3) is 0 Å². The number of carbonyl (C=O) groups is 2. The van der Waals surface area contributed by atoms with Crippen LogP contribution in [0.15, 0.2) is 6.07 Å². The van der Waals surface area contributed by atoms with Crippen LogP contribution in [-0.2, 0) is 9.53 Å². The number of amides is 1. The zero-order valence-electron chi connectivity index (χ0n) is 14.4. The minimum Gasteiger partial charge on any atom is -0.444 e. The third-order valence-corrected chi connectivity index (χ3v) is 3.95. The molecule has 1 fully saturated rings. The molecule has 142 valence electrons. The van der Waals surface area contributed by atoms with Gasteiger partial charge >= 0.3 is 6.09 Å². The number of Topliss-reactive ketones (excluding diaryl/α,β-unsaturated/α-hetero) is 1. The Labute approximate surface area is 147 Å². The average Bonchev–Trinajstić information content (AvgIpc) is 2.96. The first-order chi connectivity index (χ1) is 12.0. The number of ketones is 1. The number of rotatable bonds is 3. The molecule has 1 aliphatic rings. The number of hydrogen-bond donors (Lipinski definition) is 1. The Balaban J connectivity index is 2.42. The van der Waals surface area contributed by atoms with Crippen LogP contribution in [0, 0.1) is 28.7 Å². The Morgan fingerprint density at radius 1 is 1.19 bits per heavy atom. The van der Waals surface area contributed by atoms with Gasteiger partial charge in [-0.2, -0.15) is 0 Å². The Hall–Kier alpha value is -2.45. The van der Waals surface area contributed by atoms with Gasteiger partial charge in [-0.1, -0.05) is 0 Å². The molecule has 1 amide bonds. The Morgan fingerprint density at radius 3 is 2.19 bits per heavy atom. The lowest BCUT2D eigenvalue weighted by atomic mass is 9.94. The molecule has 1 heterocycles. The molecule has 2 atom stereocenters. The molecule has 0 radical (unpaired) electrons. The third-order valence-electron chi connectivity index (χ3n) is 3.95. The van der Waals surface area contributed by atoms with Gasteiger partial charge in [-0.3, -0.25) is 9.69 Å². The van der Waals surface area contributed by atoms with E-state index in [0.29, 0.717) is 6.21 Å². The lowest BCUT2D eigenvalue weighted by Gasteiger charge is -2.27. The van der Waals surface area contributed by atoms with Gasteiger partial charge in [0, 0.05) is 24.1 Å². The number of carbonyl (C=O) groups excluding carboxylic acids is 2. The lowest BCUT2D eigenvalue weighted by molar-refractivity contribution is -0.116. The van der Waals surface area contributed by atoms with Gasteiger partial charge in [0.2, 0.25) is 0 Å². The zero-order valence-corrected chi connectivity index (χ0v) is 14.4. The van der Waals surface area contributed by atoms with Crippen LogP contribution in [-0.4, -0.2) is 41.2 Å². The summed E-state index contributed by atoms with van der Waals surface area (Å²) in [5.41, 5.74) is -1.76. The Morgan fingerprint density at radius 2 is 1.73 bits per heavy atom. The van der Waals surface area contributed by atoms with Gasteiger partial charge in [0.15, 0.2) is 29.1 Å². The fourth-order valence-corrected chi connectivity index (χ4v) is 2.88. The highest BCUT2D eigenvalue weighted by atomic mass is 19.2. The van der Waals surface area contributed by atoms with Crippen molar-refractivity contribution in [2.75, 3.05) is 6.54 Å². The molecule has 1 aromatic rings. The van der Waals surface area contributed by atoms with E-state index in [1.54, 1.807) is 20.8 Å². The highest BCUT2D eigenvalue weighted by Gasteiger charge is 2.43. The SMILES string of the molecule is CC(C)(C)OC(=O)N1CC(c2c(F)c(F)cc(F)c2F)CC1C(=O)C=N. The fourth-order valence-electron chi connectivity index (χ4n) is 2.88. The number of ether oxygens (including phenoxy) is 1. The molecule has 0 saturated carbocycles. The van der Waals surface area contributed by atoms with Crippen molar-refractivity contribution in [3.8, 4) is 0 Å². The van der Waals surface area contributed by atoms with Crippen molar-refractivity contribution in [1.29, 1.82) is 5.41 Å². The molecule has 5 nitrogen and oxygen atoms in total. The van der Waals surface area contributed by atoms with Crippen LogP contribution in [0.2, 0.25) is 0 Å². The van der Waals surface area contributed by atoms with Gasteiger partial charge in [0.05, 0.1) is 6.21 Å². The molecule has 9 heteroatoms. The van der Waals surface area contributed by atoms with Gasteiger partial charge in [-0.15, -0.1) is 0 Å². The summed E-state index contributed by atoms with van der Waals surface area (Å²) < 4.78 is 60.2. The van der Waals surface area contributed by atoms with Gasteiger partial charge in [0.25, 0.3) is 0 Å². The smallest absolute Gasteiger partial charge is 0.410 e. The Kier molecular flexibility index (Phi) is 5.39. The maximum absolute atomic E-state index is 14.1. The van der Waals surface area contributed by atoms with E-state index in [4.69, 9.17) is 10.1 Å². The van der Waals surface area contributed by atoms with Crippen LogP contribution < -0.4 is 0 Å². The maximum atomic E-state index is 14.1. The van der Waals surface area contributed by atoms with Crippen LogP contribution in [0.3, 0.4) is 0 Å². The minimum atomic E-state index is -1.57. The van der Waals surface area contributed by atoms with Crippen molar-refractivity contribution < 1.29 is 31.9 Å². The standard InChI is InChI=1S/C17H18F4N2O3/c1-17(2,3)26-16(25)23-7-8(4-11(23)12(24)6-22)13-14(20)9(18)5-10(19)15(13)21/h5-6,8,11,22H,4,7H2,1-3H3. The summed E-state index contributed by atoms with van der Waals surface area (Å²) >= 11 is 0. The van der Waals surface area contributed by atoms with Gasteiger partial charge in [0.1, 0.15) is 11.6 Å². The third kappa shape index (κ3) is 3.86. The highest BCUT2D eigenvalue weighted by Crippen LogP contribution is 2.37. The van der Waals surface area contributed by atoms with Gasteiger partial charge in [-0.25, -0.2) is 22.4 Å². The normalized spacial score (nSPS) is 20.2. The predicted molar refractivity (Wildman–Crippen MR) is 84.2 cm³/mol. The van der Waals surface area contributed by atoms with Crippen LogP contribution in [0.4, 0.5) is 22.4 Å². The molecule has 2 unspecified atom stereocenters. The van der Waals surface area contributed by atoms with E-state index in [9.17, 15) is 27.2 Å². The summed E-state index contributed by atoms with van der Waals surface area (Å²) in [6.07, 6.45) is -0.731. The van der Waals surface area contributed by atoms with E-state index in [1.165, 1.54) is 0 Å². The van der Waals surface area contributed by atoms with E-state index in [2.05, 4.69) is 0 Å². The molecule has 1 aromatic carbocycles. The van der Waals surface area contributed by atoms with Crippen LogP contribution >= 0.6 is 0 Å². The van der Waals surface area contributed by atoms with Gasteiger partial charge < -0.3 is 10.1 Å². The van der Waals surface area contributed by atoms with Crippen molar-refractivity contribution in [3.05, 3.63) is 34.9 Å². The summed E-state index contributed by atoms with van der Waals surface area (Å²) in [6.45, 7) is 4.39. The van der Waals surface area contributed by atoms with E-state index < -0.39 is 58.3 Å². The number of benzene rings is 1. The van der Waals surface area contributed by atoms with Crippen molar-refractivity contribution in [3.63, 3.8) is 0 Å². The topological polar surface area (TPSA) is 70.5 Å². The largest absolute Gasteiger partial charge is 0.444 e. The first-order valence-electron chi connectivity index (χ1n) is 7.83. The monoisotopic (exact) mass is 374 g/mol. The second-order valence-corrected chi connectivity index (χ2v) is 7.01. The molecule has 0 spiro atoms. The maximum Gasteiger partial charge on any atom is 0.410 e. The molecule has 1 N–H and O–H groups in total. The summed E-state index contributed by atoms with van der Waals surface area (Å²) in [7, 11) is 0. The van der Waals surface area contributed by atoms with E-state index in [1.807, 2.05) is 0 Å². The Bertz CT molecular complexity index is 735. The first kappa shape index (κ1) is 19.9. The molecule has 1 aliphatic heterocycles. The average molecular weight is 374 g/mol. The summed E-state index contributed by atoms with van der Waals surface area (Å²) in [5.74, 6) is -8.21. The molecule has 0 aromatic heterocycles.